The minimum absolute atomic E-state index is 0.0135. The molecular formula is C62H103NO5. The predicted octanol–water partition coefficient (Wildman–Crippen LogP) is 17.2. The second-order valence-corrected chi connectivity index (χ2v) is 18.3. The molecule has 0 saturated carbocycles. The molecule has 0 aliphatic rings. The molecule has 0 aromatic heterocycles. The van der Waals surface area contributed by atoms with Gasteiger partial charge in [0.25, 0.3) is 0 Å². The van der Waals surface area contributed by atoms with Crippen LogP contribution in [0.2, 0.25) is 0 Å². The molecule has 386 valence electrons. The summed E-state index contributed by atoms with van der Waals surface area (Å²) in [5.41, 5.74) is 0. The molecule has 6 heteroatoms. The Morgan fingerprint density at radius 1 is 0.456 bits per heavy atom. The molecule has 3 atom stereocenters. The maximum atomic E-state index is 13.2. The summed E-state index contributed by atoms with van der Waals surface area (Å²) in [4.78, 5) is 26.2. The minimum Gasteiger partial charge on any atom is -0.462 e. The Kier molecular flexibility index (Phi) is 51.2. The van der Waals surface area contributed by atoms with E-state index in [0.717, 1.165) is 89.9 Å². The third-order valence-corrected chi connectivity index (χ3v) is 11.9. The van der Waals surface area contributed by atoms with Crippen LogP contribution in [-0.4, -0.2) is 46.9 Å². The lowest BCUT2D eigenvalue weighted by Gasteiger charge is -2.24. The predicted molar refractivity (Wildman–Crippen MR) is 296 cm³/mol. The van der Waals surface area contributed by atoms with Crippen LogP contribution in [0.4, 0.5) is 0 Å². The molecule has 0 spiro atoms. The SMILES string of the molecule is CC/C=C\C/C=C\C/C=C\C/C=C\C/C=C\C/C=C\CCC(=O)OC(CCCCC\C=C/C=C/C=C/C=C/CC)CC(=O)NC(CO)C(O)CCCCCCCCCCCCCCCCCCC. The Bertz CT molecular complexity index is 1430. The quantitative estimate of drug-likeness (QED) is 0.0244. The zero-order chi connectivity index (χ0) is 49.5. The highest BCUT2D eigenvalue weighted by atomic mass is 16.5. The Hall–Kier alpha value is -3.74. The van der Waals surface area contributed by atoms with Gasteiger partial charge < -0.3 is 20.3 Å². The second kappa shape index (κ2) is 54.2. The van der Waals surface area contributed by atoms with E-state index in [2.05, 4.69) is 111 Å². The molecule has 0 aliphatic carbocycles. The van der Waals surface area contributed by atoms with Crippen molar-refractivity contribution in [3.8, 4) is 0 Å². The van der Waals surface area contributed by atoms with E-state index in [1.807, 2.05) is 36.5 Å². The van der Waals surface area contributed by atoms with Crippen molar-refractivity contribution in [1.82, 2.24) is 5.32 Å². The van der Waals surface area contributed by atoms with E-state index in [9.17, 15) is 19.8 Å². The number of amides is 1. The van der Waals surface area contributed by atoms with Gasteiger partial charge in [-0.05, 0) is 83.5 Å². The van der Waals surface area contributed by atoms with Gasteiger partial charge in [-0.1, -0.05) is 258 Å². The number of aliphatic hydroxyl groups excluding tert-OH is 2. The van der Waals surface area contributed by atoms with E-state index in [1.54, 1.807) is 0 Å². The molecule has 0 aromatic rings. The second-order valence-electron chi connectivity index (χ2n) is 18.3. The molecular weight excluding hydrogens is 839 g/mol. The number of nitrogens with one attached hydrogen (secondary N) is 1. The van der Waals surface area contributed by atoms with Crippen molar-refractivity contribution in [3.05, 3.63) is 122 Å². The van der Waals surface area contributed by atoms with E-state index in [1.165, 1.54) is 89.9 Å². The lowest BCUT2D eigenvalue weighted by molar-refractivity contribution is -0.150. The van der Waals surface area contributed by atoms with Gasteiger partial charge in [0, 0.05) is 6.42 Å². The molecule has 3 N–H and O–H groups in total. The fourth-order valence-corrected chi connectivity index (χ4v) is 7.76. The molecule has 68 heavy (non-hydrogen) atoms. The molecule has 0 bridgehead atoms. The van der Waals surface area contributed by atoms with Crippen molar-refractivity contribution in [2.45, 2.75) is 251 Å². The van der Waals surface area contributed by atoms with Gasteiger partial charge in [-0.15, -0.1) is 0 Å². The smallest absolute Gasteiger partial charge is 0.306 e. The van der Waals surface area contributed by atoms with Crippen LogP contribution in [0.1, 0.15) is 233 Å². The van der Waals surface area contributed by atoms with Crippen molar-refractivity contribution < 1.29 is 24.5 Å². The average molecular weight is 943 g/mol. The van der Waals surface area contributed by atoms with Crippen LogP contribution in [0.25, 0.3) is 0 Å². The largest absolute Gasteiger partial charge is 0.462 e. The summed E-state index contributed by atoms with van der Waals surface area (Å²) in [5, 5.41) is 23.8. The average Bonchev–Trinajstić information content (AvgIpc) is 3.33. The summed E-state index contributed by atoms with van der Waals surface area (Å²) in [6.45, 7) is 6.21. The fourth-order valence-electron chi connectivity index (χ4n) is 7.76. The van der Waals surface area contributed by atoms with Crippen LogP contribution < -0.4 is 5.32 Å². The number of hydrogen-bond acceptors (Lipinski definition) is 5. The van der Waals surface area contributed by atoms with Gasteiger partial charge in [-0.25, -0.2) is 0 Å². The number of carbonyl (C=O) groups is 2. The first-order valence-electron chi connectivity index (χ1n) is 27.8. The van der Waals surface area contributed by atoms with Gasteiger partial charge in [-0.2, -0.15) is 0 Å². The zero-order valence-electron chi connectivity index (χ0n) is 43.9. The van der Waals surface area contributed by atoms with Crippen LogP contribution in [-0.2, 0) is 14.3 Å². The Morgan fingerprint density at radius 3 is 1.35 bits per heavy atom. The molecule has 0 aliphatic heterocycles. The highest BCUT2D eigenvalue weighted by Gasteiger charge is 2.24. The maximum Gasteiger partial charge on any atom is 0.306 e. The molecule has 0 saturated heterocycles. The van der Waals surface area contributed by atoms with Crippen molar-refractivity contribution in [3.63, 3.8) is 0 Å². The van der Waals surface area contributed by atoms with E-state index in [4.69, 9.17) is 4.74 Å². The topological polar surface area (TPSA) is 95.9 Å². The summed E-state index contributed by atoms with van der Waals surface area (Å²) in [5.74, 6) is -0.622. The number of allylic oxidation sites excluding steroid dienone is 20. The van der Waals surface area contributed by atoms with E-state index in [-0.39, 0.29) is 31.3 Å². The number of ether oxygens (including phenoxy) is 1. The number of aliphatic hydroxyl groups is 2. The van der Waals surface area contributed by atoms with Crippen LogP contribution in [0.5, 0.6) is 0 Å². The van der Waals surface area contributed by atoms with Crippen LogP contribution >= 0.6 is 0 Å². The van der Waals surface area contributed by atoms with Gasteiger partial charge in [0.05, 0.1) is 25.2 Å². The first kappa shape index (κ1) is 64.3. The molecule has 6 nitrogen and oxygen atoms in total. The van der Waals surface area contributed by atoms with Gasteiger partial charge in [0.1, 0.15) is 6.10 Å². The van der Waals surface area contributed by atoms with Crippen molar-refractivity contribution in [1.29, 1.82) is 0 Å². The third kappa shape index (κ3) is 48.7. The van der Waals surface area contributed by atoms with Crippen LogP contribution in [0, 0.1) is 0 Å². The molecule has 0 radical (unpaired) electrons. The Labute approximate surface area is 419 Å². The van der Waals surface area contributed by atoms with Gasteiger partial charge in [0.2, 0.25) is 5.91 Å². The summed E-state index contributed by atoms with van der Waals surface area (Å²) in [6, 6.07) is -0.739. The van der Waals surface area contributed by atoms with Crippen molar-refractivity contribution >= 4 is 11.9 Å². The molecule has 0 fully saturated rings. The summed E-state index contributed by atoms with van der Waals surface area (Å²) in [6.07, 6.45) is 75.6. The fraction of sp³-hybridized carbons (Fsp3) is 0.645. The third-order valence-electron chi connectivity index (χ3n) is 11.9. The van der Waals surface area contributed by atoms with E-state index < -0.39 is 18.2 Å². The van der Waals surface area contributed by atoms with E-state index in [0.29, 0.717) is 19.3 Å². The molecule has 0 rings (SSSR count). The van der Waals surface area contributed by atoms with E-state index >= 15 is 0 Å². The van der Waals surface area contributed by atoms with Crippen LogP contribution in [0.3, 0.4) is 0 Å². The molecule has 0 heterocycles. The maximum absolute atomic E-state index is 13.2. The summed E-state index contributed by atoms with van der Waals surface area (Å²) in [7, 11) is 0. The number of hydrogen-bond donors (Lipinski definition) is 3. The first-order chi connectivity index (χ1) is 33.5. The standard InChI is InChI=1S/C62H103NO5/c1-4-7-10-13-16-19-22-25-27-29-30-32-34-37-40-43-46-49-52-55-62(67)68-58(53-50-47-44-41-38-35-24-21-18-15-12-9-6-3)56-61(66)63-59(57-64)60(65)54-51-48-45-42-39-36-33-31-28-26-23-20-17-14-11-8-5-2/h7,9-10,12,15-16,18-19,21,24-25,27,30,32,35,37-38,40,46,49,58-60,64-65H,4-6,8,11,13-14,17,20,22-23,26,28-29,31,33-34,36,39,41-45,47-48,50-57H2,1-3H3,(H,63,66)/b10-7-,12-9+,18-15+,19-16-,24-21+,27-25-,32-30-,38-35-,40-37-,49-46-. The summed E-state index contributed by atoms with van der Waals surface area (Å²) < 4.78 is 5.88. The molecule has 0 aromatic carbocycles. The summed E-state index contributed by atoms with van der Waals surface area (Å²) >= 11 is 0. The Balaban J connectivity index is 4.70. The number of carbonyl (C=O) groups excluding carboxylic acids is 2. The first-order valence-corrected chi connectivity index (χ1v) is 27.8. The zero-order valence-corrected chi connectivity index (χ0v) is 43.9. The van der Waals surface area contributed by atoms with Gasteiger partial charge in [0.15, 0.2) is 0 Å². The molecule has 1 amide bonds. The van der Waals surface area contributed by atoms with Gasteiger partial charge in [-0.3, -0.25) is 9.59 Å². The Morgan fingerprint density at radius 2 is 0.868 bits per heavy atom. The van der Waals surface area contributed by atoms with Crippen LogP contribution in [0.15, 0.2) is 122 Å². The number of rotatable bonds is 48. The monoisotopic (exact) mass is 942 g/mol. The van der Waals surface area contributed by atoms with Crippen molar-refractivity contribution in [2.24, 2.45) is 0 Å². The van der Waals surface area contributed by atoms with Crippen molar-refractivity contribution in [2.75, 3.05) is 6.61 Å². The lowest BCUT2D eigenvalue weighted by Crippen LogP contribution is -2.46. The number of unbranched alkanes of at least 4 members (excludes halogenated alkanes) is 19. The normalized spacial score (nSPS) is 14.1. The minimum atomic E-state index is -0.820. The lowest BCUT2D eigenvalue weighted by atomic mass is 10.0. The number of esters is 1. The highest BCUT2D eigenvalue weighted by molar-refractivity contribution is 5.77. The van der Waals surface area contributed by atoms with Gasteiger partial charge >= 0.3 is 5.97 Å². The highest BCUT2D eigenvalue weighted by Crippen LogP contribution is 2.17. The molecule has 3 unspecified atom stereocenters.